The van der Waals surface area contributed by atoms with Gasteiger partial charge in [0.1, 0.15) is 5.75 Å². The molecule has 17 heavy (non-hydrogen) atoms. The first-order valence-corrected chi connectivity index (χ1v) is 5.64. The highest BCUT2D eigenvalue weighted by atomic mass is 16.3. The number of rotatable bonds is 2. The highest BCUT2D eigenvalue weighted by Crippen LogP contribution is 2.28. The molecule has 0 aromatic heterocycles. The number of nitrogens with one attached hydrogen (secondary N) is 1. The number of aromatic hydroxyl groups is 1. The van der Waals surface area contributed by atoms with Crippen LogP contribution in [0.1, 0.15) is 22.8 Å². The zero-order valence-electron chi connectivity index (χ0n) is 9.95. The molecule has 0 aliphatic rings. The van der Waals surface area contributed by atoms with Crippen LogP contribution in [0.2, 0.25) is 0 Å². The predicted octanol–water partition coefficient (Wildman–Crippen LogP) is 2.60. The van der Waals surface area contributed by atoms with Crippen LogP contribution in [0.3, 0.4) is 0 Å². The van der Waals surface area contributed by atoms with E-state index >= 15 is 0 Å². The Kier molecular flexibility index (Phi) is 3.00. The van der Waals surface area contributed by atoms with E-state index in [1.54, 1.807) is 0 Å². The molecule has 0 radical (unpaired) electrons. The van der Waals surface area contributed by atoms with E-state index < -0.39 is 0 Å². The highest BCUT2D eigenvalue weighted by Gasteiger charge is 2.09. The van der Waals surface area contributed by atoms with Crippen LogP contribution < -0.4 is 5.32 Å². The number of amides is 1. The molecule has 2 rings (SSSR count). The number of phenolic OH excluding ortho intramolecular Hbond substituents is 1. The molecular formula is C14H15NO2. The van der Waals surface area contributed by atoms with Gasteiger partial charge in [0.2, 0.25) is 0 Å². The van der Waals surface area contributed by atoms with Crippen LogP contribution in [0.15, 0.2) is 30.3 Å². The number of carbonyl (C=O) groups is 1. The summed E-state index contributed by atoms with van der Waals surface area (Å²) in [6.07, 6.45) is 0. The molecule has 0 unspecified atom stereocenters. The number of hydrogen-bond donors (Lipinski definition) is 2. The van der Waals surface area contributed by atoms with E-state index in [9.17, 15) is 9.90 Å². The molecule has 0 aliphatic carbocycles. The van der Waals surface area contributed by atoms with Gasteiger partial charge in [0, 0.05) is 17.5 Å². The first-order valence-electron chi connectivity index (χ1n) is 5.64. The smallest absolute Gasteiger partial charge is 0.251 e. The molecule has 88 valence electrons. The highest BCUT2D eigenvalue weighted by molar-refractivity contribution is 6.01. The molecule has 2 aromatic rings. The van der Waals surface area contributed by atoms with E-state index in [0.29, 0.717) is 12.1 Å². The molecule has 2 aromatic carbocycles. The quantitative estimate of drug-likeness (QED) is 0.831. The fraction of sp³-hybridized carbons (Fsp3) is 0.214. The first kappa shape index (κ1) is 11.5. The number of phenols is 1. The Hall–Kier alpha value is -2.03. The number of hydrogen-bond acceptors (Lipinski definition) is 2. The number of carbonyl (C=O) groups excluding carboxylic acids is 1. The van der Waals surface area contributed by atoms with Crippen LogP contribution in [0, 0.1) is 6.92 Å². The average Bonchev–Trinajstić information content (AvgIpc) is 2.30. The van der Waals surface area contributed by atoms with Gasteiger partial charge < -0.3 is 10.4 Å². The molecule has 0 fully saturated rings. The number of benzene rings is 2. The van der Waals surface area contributed by atoms with Crippen molar-refractivity contribution >= 4 is 16.7 Å². The van der Waals surface area contributed by atoms with Gasteiger partial charge in [-0.1, -0.05) is 18.2 Å². The molecule has 0 saturated heterocycles. The number of fused-ring (bicyclic) bond motifs is 1. The first-order chi connectivity index (χ1) is 8.13. The largest absolute Gasteiger partial charge is 0.507 e. The van der Waals surface area contributed by atoms with E-state index in [1.807, 2.05) is 38.1 Å². The molecule has 3 heteroatoms. The molecule has 0 spiro atoms. The third kappa shape index (κ3) is 2.09. The molecule has 0 atom stereocenters. The van der Waals surface area contributed by atoms with Gasteiger partial charge in [-0.25, -0.2) is 0 Å². The Morgan fingerprint density at radius 3 is 2.76 bits per heavy atom. The van der Waals surface area contributed by atoms with Crippen molar-refractivity contribution in [3.05, 3.63) is 41.5 Å². The summed E-state index contributed by atoms with van der Waals surface area (Å²) < 4.78 is 0. The Labute approximate surface area is 100 Å². The summed E-state index contributed by atoms with van der Waals surface area (Å²) in [4.78, 5) is 11.7. The molecule has 0 saturated carbocycles. The minimum absolute atomic E-state index is 0.146. The minimum Gasteiger partial charge on any atom is -0.507 e. The molecule has 2 N–H and O–H groups in total. The SMILES string of the molecule is CCNC(=O)c1cc(O)c2cccc(C)c2c1. The van der Waals surface area contributed by atoms with E-state index in [-0.39, 0.29) is 11.7 Å². The van der Waals surface area contributed by atoms with E-state index in [1.165, 1.54) is 6.07 Å². The van der Waals surface area contributed by atoms with Crippen molar-refractivity contribution in [2.24, 2.45) is 0 Å². The lowest BCUT2D eigenvalue weighted by molar-refractivity contribution is 0.0955. The second-order valence-corrected chi connectivity index (χ2v) is 4.02. The Morgan fingerprint density at radius 2 is 2.06 bits per heavy atom. The summed E-state index contributed by atoms with van der Waals surface area (Å²) in [5.41, 5.74) is 1.54. The lowest BCUT2D eigenvalue weighted by Crippen LogP contribution is -2.22. The molecule has 3 nitrogen and oxygen atoms in total. The van der Waals surface area contributed by atoms with Crippen molar-refractivity contribution in [3.8, 4) is 5.75 Å². The fourth-order valence-corrected chi connectivity index (χ4v) is 1.91. The summed E-state index contributed by atoms with van der Waals surface area (Å²) in [7, 11) is 0. The van der Waals surface area contributed by atoms with Gasteiger partial charge in [-0.2, -0.15) is 0 Å². The normalized spacial score (nSPS) is 10.5. The van der Waals surface area contributed by atoms with E-state index in [0.717, 1.165) is 16.3 Å². The molecule has 0 heterocycles. The minimum atomic E-state index is -0.159. The zero-order chi connectivity index (χ0) is 12.4. The van der Waals surface area contributed by atoms with Crippen LogP contribution in [0.25, 0.3) is 10.8 Å². The third-order valence-electron chi connectivity index (χ3n) is 2.79. The summed E-state index contributed by atoms with van der Waals surface area (Å²) in [5.74, 6) is -0.0135. The van der Waals surface area contributed by atoms with Gasteiger partial charge in [-0.3, -0.25) is 4.79 Å². The van der Waals surface area contributed by atoms with Crippen molar-refractivity contribution in [1.82, 2.24) is 5.32 Å². The Morgan fingerprint density at radius 1 is 1.29 bits per heavy atom. The van der Waals surface area contributed by atoms with Crippen LogP contribution in [-0.4, -0.2) is 17.6 Å². The molecule has 0 bridgehead atoms. The van der Waals surface area contributed by atoms with Gasteiger partial charge in [0.15, 0.2) is 0 Å². The van der Waals surface area contributed by atoms with Crippen LogP contribution in [0.5, 0.6) is 5.75 Å². The van der Waals surface area contributed by atoms with Crippen LogP contribution in [0.4, 0.5) is 0 Å². The van der Waals surface area contributed by atoms with Crippen molar-refractivity contribution in [2.45, 2.75) is 13.8 Å². The Balaban J connectivity index is 2.62. The summed E-state index contributed by atoms with van der Waals surface area (Å²) in [5, 5.41) is 14.3. The summed E-state index contributed by atoms with van der Waals surface area (Å²) in [6, 6.07) is 9.02. The van der Waals surface area contributed by atoms with Crippen molar-refractivity contribution in [1.29, 1.82) is 0 Å². The van der Waals surface area contributed by atoms with Gasteiger partial charge in [0.25, 0.3) is 5.91 Å². The maximum Gasteiger partial charge on any atom is 0.251 e. The molecular weight excluding hydrogens is 214 g/mol. The second-order valence-electron chi connectivity index (χ2n) is 4.02. The van der Waals surface area contributed by atoms with Crippen molar-refractivity contribution in [3.63, 3.8) is 0 Å². The van der Waals surface area contributed by atoms with E-state index in [4.69, 9.17) is 0 Å². The molecule has 0 aliphatic heterocycles. The van der Waals surface area contributed by atoms with Gasteiger partial charge in [-0.15, -0.1) is 0 Å². The fourth-order valence-electron chi connectivity index (χ4n) is 1.91. The summed E-state index contributed by atoms with van der Waals surface area (Å²) in [6.45, 7) is 4.40. The Bertz CT molecular complexity index is 576. The van der Waals surface area contributed by atoms with Gasteiger partial charge in [-0.05, 0) is 36.9 Å². The standard InChI is InChI=1S/C14H15NO2/c1-3-15-14(17)10-7-12-9(2)5-4-6-11(12)13(16)8-10/h4-8,16H,3H2,1-2H3,(H,15,17). The third-order valence-corrected chi connectivity index (χ3v) is 2.79. The maximum absolute atomic E-state index is 11.7. The van der Waals surface area contributed by atoms with Crippen molar-refractivity contribution in [2.75, 3.05) is 6.54 Å². The van der Waals surface area contributed by atoms with Crippen LogP contribution >= 0.6 is 0 Å². The van der Waals surface area contributed by atoms with Gasteiger partial charge >= 0.3 is 0 Å². The molecule has 1 amide bonds. The topological polar surface area (TPSA) is 49.3 Å². The zero-order valence-corrected chi connectivity index (χ0v) is 9.95. The maximum atomic E-state index is 11.7. The van der Waals surface area contributed by atoms with Gasteiger partial charge in [0.05, 0.1) is 0 Å². The monoisotopic (exact) mass is 229 g/mol. The predicted molar refractivity (Wildman–Crippen MR) is 68.4 cm³/mol. The number of aryl methyl sites for hydroxylation is 1. The van der Waals surface area contributed by atoms with E-state index in [2.05, 4.69) is 5.32 Å². The lowest BCUT2D eigenvalue weighted by Gasteiger charge is -2.08. The summed E-state index contributed by atoms with van der Waals surface area (Å²) >= 11 is 0. The van der Waals surface area contributed by atoms with Crippen LogP contribution in [-0.2, 0) is 0 Å². The van der Waals surface area contributed by atoms with Crippen molar-refractivity contribution < 1.29 is 9.90 Å². The average molecular weight is 229 g/mol. The lowest BCUT2D eigenvalue weighted by atomic mass is 10.0. The second kappa shape index (κ2) is 4.45.